The number of thioether (sulfide) groups is 1. The summed E-state index contributed by atoms with van der Waals surface area (Å²) in [6, 6.07) is 17.5. The molecule has 148 valence electrons. The van der Waals surface area contributed by atoms with E-state index in [0.717, 1.165) is 33.6 Å². The van der Waals surface area contributed by atoms with E-state index < -0.39 is 0 Å². The predicted octanol–water partition coefficient (Wildman–Crippen LogP) is 4.93. The Labute approximate surface area is 176 Å². The fourth-order valence-electron chi connectivity index (χ4n) is 3.03. The Morgan fingerprint density at radius 1 is 0.900 bits per heavy atom. The number of hydrogen-bond donors (Lipinski definition) is 0. The molecule has 4 heterocycles. The molecule has 0 bridgehead atoms. The topological polar surface area (TPSA) is 82.8 Å². The minimum absolute atomic E-state index is 0.528. The van der Waals surface area contributed by atoms with E-state index in [2.05, 4.69) is 20.2 Å². The van der Waals surface area contributed by atoms with Gasteiger partial charge in [-0.2, -0.15) is 0 Å². The third-order valence-electron chi connectivity index (χ3n) is 4.45. The van der Waals surface area contributed by atoms with E-state index in [9.17, 15) is 0 Å². The molecule has 4 aromatic heterocycles. The van der Waals surface area contributed by atoms with Gasteiger partial charge in [0.25, 0.3) is 0 Å². The van der Waals surface area contributed by atoms with Crippen LogP contribution in [0.3, 0.4) is 0 Å². The van der Waals surface area contributed by atoms with Gasteiger partial charge in [0.05, 0.1) is 18.5 Å². The van der Waals surface area contributed by atoms with E-state index in [1.165, 1.54) is 0 Å². The maximum atomic E-state index is 5.64. The van der Waals surface area contributed by atoms with Gasteiger partial charge in [0, 0.05) is 29.3 Å². The van der Waals surface area contributed by atoms with E-state index in [1.807, 2.05) is 59.2 Å². The highest BCUT2D eigenvalue weighted by atomic mass is 32.2. The maximum absolute atomic E-state index is 5.64. The van der Waals surface area contributed by atoms with Crippen molar-refractivity contribution in [2.75, 3.05) is 0 Å². The van der Waals surface area contributed by atoms with Crippen molar-refractivity contribution in [3.05, 3.63) is 91.0 Å². The molecule has 0 aliphatic rings. The lowest BCUT2D eigenvalue weighted by molar-refractivity contribution is 0.485. The van der Waals surface area contributed by atoms with E-state index in [0.29, 0.717) is 18.2 Å². The number of nitrogens with zero attached hydrogens (tertiary/aromatic N) is 5. The van der Waals surface area contributed by atoms with Crippen LogP contribution >= 0.6 is 11.8 Å². The lowest BCUT2D eigenvalue weighted by atomic mass is 10.2. The molecule has 0 saturated heterocycles. The highest BCUT2D eigenvalue weighted by Gasteiger charge is 2.17. The first kappa shape index (κ1) is 18.4. The van der Waals surface area contributed by atoms with Gasteiger partial charge < -0.3 is 8.83 Å². The normalized spacial score (nSPS) is 11.1. The van der Waals surface area contributed by atoms with Gasteiger partial charge in [-0.3, -0.25) is 9.55 Å². The summed E-state index contributed by atoms with van der Waals surface area (Å²) in [7, 11) is 0. The highest BCUT2D eigenvalue weighted by molar-refractivity contribution is 7.98. The Hall–Kier alpha value is -3.65. The summed E-state index contributed by atoms with van der Waals surface area (Å²) in [6.45, 7) is 0.528. The fraction of sp³-hybridized carbons (Fsp3) is 0.0909. The molecular weight excluding hydrogens is 398 g/mol. The standard InChI is InChI=1S/C22H17N5O2S/c1-2-6-16(7-3-1)21-24-18(14-29-21)15-30-22-26-25-20(17-8-4-10-23-12-17)27(22)13-19-9-5-11-28-19/h1-12,14H,13,15H2. The number of pyridine rings is 1. The van der Waals surface area contributed by atoms with Crippen LogP contribution in [-0.2, 0) is 12.3 Å². The molecular formula is C22H17N5O2S. The molecule has 0 spiro atoms. The smallest absolute Gasteiger partial charge is 0.226 e. The van der Waals surface area contributed by atoms with Crippen LogP contribution in [0, 0.1) is 0 Å². The monoisotopic (exact) mass is 415 g/mol. The zero-order valence-electron chi connectivity index (χ0n) is 15.9. The Bertz CT molecular complexity index is 1220. The molecule has 8 heteroatoms. The van der Waals surface area contributed by atoms with Crippen LogP contribution in [0.2, 0.25) is 0 Å². The van der Waals surface area contributed by atoms with E-state index in [1.54, 1.807) is 36.7 Å². The SMILES string of the molecule is c1ccc(-c2nc(CSc3nnc(-c4cccnc4)n3Cc3ccco3)co2)cc1. The van der Waals surface area contributed by atoms with Gasteiger partial charge in [0.2, 0.25) is 5.89 Å². The van der Waals surface area contributed by atoms with Gasteiger partial charge in [0.1, 0.15) is 12.0 Å². The molecule has 30 heavy (non-hydrogen) atoms. The van der Waals surface area contributed by atoms with Crippen molar-refractivity contribution < 1.29 is 8.83 Å². The Kier molecular flexibility index (Phi) is 5.14. The third-order valence-corrected chi connectivity index (χ3v) is 5.45. The molecule has 0 N–H and O–H groups in total. The highest BCUT2D eigenvalue weighted by Crippen LogP contribution is 2.28. The number of oxazole rings is 1. The number of rotatable bonds is 7. The average Bonchev–Trinajstić information content (AvgIpc) is 3.56. The molecule has 7 nitrogen and oxygen atoms in total. The lowest BCUT2D eigenvalue weighted by Crippen LogP contribution is -2.03. The van der Waals surface area contributed by atoms with Crippen molar-refractivity contribution in [2.24, 2.45) is 0 Å². The van der Waals surface area contributed by atoms with Crippen molar-refractivity contribution in [1.82, 2.24) is 24.7 Å². The third kappa shape index (κ3) is 3.90. The first-order chi connectivity index (χ1) is 14.9. The van der Waals surface area contributed by atoms with Gasteiger partial charge in [-0.05, 0) is 36.4 Å². The average molecular weight is 415 g/mol. The number of benzene rings is 1. The minimum atomic E-state index is 0.528. The summed E-state index contributed by atoms with van der Waals surface area (Å²) in [5.74, 6) is 2.79. The van der Waals surface area contributed by atoms with Gasteiger partial charge in [-0.1, -0.05) is 30.0 Å². The van der Waals surface area contributed by atoms with E-state index >= 15 is 0 Å². The van der Waals surface area contributed by atoms with Crippen molar-refractivity contribution in [1.29, 1.82) is 0 Å². The van der Waals surface area contributed by atoms with Crippen LogP contribution in [0.15, 0.2) is 93.5 Å². The second-order valence-electron chi connectivity index (χ2n) is 6.51. The molecule has 0 unspecified atom stereocenters. The lowest BCUT2D eigenvalue weighted by Gasteiger charge is -2.08. The number of aromatic nitrogens is 5. The molecule has 0 atom stereocenters. The number of furan rings is 1. The molecule has 0 amide bonds. The van der Waals surface area contributed by atoms with E-state index in [-0.39, 0.29) is 0 Å². The molecule has 0 fully saturated rings. The van der Waals surface area contributed by atoms with Crippen LogP contribution < -0.4 is 0 Å². The summed E-state index contributed by atoms with van der Waals surface area (Å²) >= 11 is 1.55. The summed E-state index contributed by atoms with van der Waals surface area (Å²) in [5.41, 5.74) is 2.69. The quantitative estimate of drug-likeness (QED) is 0.349. The van der Waals surface area contributed by atoms with Crippen LogP contribution in [0.25, 0.3) is 22.8 Å². The van der Waals surface area contributed by atoms with E-state index in [4.69, 9.17) is 8.83 Å². The Morgan fingerprint density at radius 2 is 1.80 bits per heavy atom. The van der Waals surface area contributed by atoms with Gasteiger partial charge in [-0.25, -0.2) is 4.98 Å². The van der Waals surface area contributed by atoms with Crippen LogP contribution in [0.4, 0.5) is 0 Å². The van der Waals surface area contributed by atoms with Crippen LogP contribution in [0.5, 0.6) is 0 Å². The first-order valence-electron chi connectivity index (χ1n) is 9.35. The largest absolute Gasteiger partial charge is 0.467 e. The Morgan fingerprint density at radius 3 is 2.60 bits per heavy atom. The van der Waals surface area contributed by atoms with Crippen molar-refractivity contribution in [3.8, 4) is 22.8 Å². The zero-order chi connectivity index (χ0) is 20.2. The minimum Gasteiger partial charge on any atom is -0.467 e. The molecule has 0 radical (unpaired) electrons. The van der Waals surface area contributed by atoms with Crippen molar-refractivity contribution in [2.45, 2.75) is 17.5 Å². The summed E-state index contributed by atoms with van der Waals surface area (Å²) in [4.78, 5) is 8.79. The molecule has 0 saturated carbocycles. The van der Waals surface area contributed by atoms with Gasteiger partial charge >= 0.3 is 0 Å². The van der Waals surface area contributed by atoms with Crippen molar-refractivity contribution >= 4 is 11.8 Å². The fourth-order valence-corrected chi connectivity index (χ4v) is 3.85. The van der Waals surface area contributed by atoms with Crippen molar-refractivity contribution in [3.63, 3.8) is 0 Å². The second-order valence-corrected chi connectivity index (χ2v) is 7.45. The predicted molar refractivity (Wildman–Crippen MR) is 113 cm³/mol. The molecule has 1 aromatic carbocycles. The molecule has 0 aliphatic heterocycles. The van der Waals surface area contributed by atoms with Gasteiger partial charge in [0.15, 0.2) is 11.0 Å². The summed E-state index contributed by atoms with van der Waals surface area (Å²) in [6.07, 6.45) is 6.86. The molecule has 5 rings (SSSR count). The summed E-state index contributed by atoms with van der Waals surface area (Å²) in [5, 5.41) is 9.57. The Balaban J connectivity index is 1.39. The summed E-state index contributed by atoms with van der Waals surface area (Å²) < 4.78 is 13.2. The second kappa shape index (κ2) is 8.38. The number of hydrogen-bond acceptors (Lipinski definition) is 7. The van der Waals surface area contributed by atoms with Crippen LogP contribution in [-0.4, -0.2) is 24.7 Å². The maximum Gasteiger partial charge on any atom is 0.226 e. The molecule has 0 aliphatic carbocycles. The molecule has 5 aromatic rings. The zero-order valence-corrected chi connectivity index (χ0v) is 16.7. The first-order valence-corrected chi connectivity index (χ1v) is 10.3. The van der Waals surface area contributed by atoms with Crippen LogP contribution in [0.1, 0.15) is 11.5 Å². The van der Waals surface area contributed by atoms with Gasteiger partial charge in [-0.15, -0.1) is 10.2 Å².